The molecule has 1 aromatic rings. The molecule has 0 bridgehead atoms. The Morgan fingerprint density at radius 3 is 2.81 bits per heavy atom. The number of carbonyl (C=O) groups excluding carboxylic acids is 1. The minimum atomic E-state index is -0.985. The third kappa shape index (κ3) is 7.55. The highest BCUT2D eigenvalue weighted by atomic mass is 32.1. The highest BCUT2D eigenvalue weighted by molar-refractivity contribution is 6.99. The number of aromatic nitrogens is 2. The lowest BCUT2D eigenvalue weighted by molar-refractivity contribution is -0.944. The van der Waals surface area contributed by atoms with Crippen molar-refractivity contribution in [2.45, 2.75) is 71.1 Å². The van der Waals surface area contributed by atoms with E-state index in [2.05, 4.69) is 21.7 Å². The van der Waals surface area contributed by atoms with E-state index in [4.69, 9.17) is 20.3 Å². The fourth-order valence-corrected chi connectivity index (χ4v) is 4.03. The number of quaternary nitrogens is 1. The molecule has 174 valence electrons. The molecule has 3 N–H and O–H groups in total. The van der Waals surface area contributed by atoms with Crippen LogP contribution in [-0.4, -0.2) is 69.3 Å². The molecule has 0 saturated carbocycles. The molecule has 0 spiro atoms. The Kier molecular flexibility index (Phi) is 9.86. The third-order valence-electron chi connectivity index (χ3n) is 5.70. The summed E-state index contributed by atoms with van der Waals surface area (Å²) in [5.74, 6) is -0.987. The zero-order valence-corrected chi connectivity index (χ0v) is 19.5. The van der Waals surface area contributed by atoms with Crippen LogP contribution in [0, 0.1) is 0 Å². The zero-order valence-electron chi connectivity index (χ0n) is 18.7. The van der Waals surface area contributed by atoms with E-state index < -0.39 is 24.2 Å². The lowest BCUT2D eigenvalue weighted by Crippen LogP contribution is -2.56. The predicted octanol–water partition coefficient (Wildman–Crippen LogP) is 2.81. The van der Waals surface area contributed by atoms with Gasteiger partial charge >= 0.3 is 11.9 Å². The fraction of sp³-hybridized carbons (Fsp3) is 0.714. The number of carboxylic acids is 1. The summed E-state index contributed by atoms with van der Waals surface area (Å²) < 4.78 is 20.8. The van der Waals surface area contributed by atoms with Crippen molar-refractivity contribution in [1.82, 2.24) is 8.75 Å². The Bertz CT molecular complexity index is 769. The number of nitrogens with zero attached hydrogens (tertiary/aromatic N) is 3. The highest BCUT2D eigenvalue weighted by Crippen LogP contribution is 2.31. The number of nitrogens with two attached hydrogens (primary N) is 1. The van der Waals surface area contributed by atoms with Gasteiger partial charge in [0.2, 0.25) is 6.23 Å². The Morgan fingerprint density at radius 1 is 1.32 bits per heavy atom. The molecule has 3 atom stereocenters. The van der Waals surface area contributed by atoms with E-state index in [1.165, 1.54) is 12.8 Å². The van der Waals surface area contributed by atoms with Gasteiger partial charge in [-0.1, -0.05) is 32.3 Å². The summed E-state index contributed by atoms with van der Waals surface area (Å²) in [5.41, 5.74) is 7.59. The molecule has 2 heterocycles. The first-order chi connectivity index (χ1) is 14.8. The summed E-state index contributed by atoms with van der Waals surface area (Å²) >= 11 is 1.14. The van der Waals surface area contributed by atoms with Crippen molar-refractivity contribution in [3.63, 3.8) is 0 Å². The Hall–Kier alpha value is -2.04. The van der Waals surface area contributed by atoms with Crippen LogP contribution < -0.4 is 10.5 Å². The van der Waals surface area contributed by atoms with E-state index >= 15 is 0 Å². The van der Waals surface area contributed by atoms with Crippen LogP contribution in [0.4, 0.5) is 0 Å². The van der Waals surface area contributed by atoms with Gasteiger partial charge in [0.15, 0.2) is 0 Å². The van der Waals surface area contributed by atoms with Gasteiger partial charge in [0.05, 0.1) is 31.9 Å². The first-order valence-corrected chi connectivity index (χ1v) is 11.7. The standard InChI is InChI=1S/C21H34N4O5S/c1-4-5-6-7-13-29-20-19(23-31-24-20)16-9-8-12-25(3,14-16)15(2)30-21(28)17(22)10-11-18(26)27/h9,15,17H,4-8,10-14,22H2,1-3H3/p+1/t15-,17+,25?/m1/s1. The van der Waals surface area contributed by atoms with Crippen molar-refractivity contribution >= 4 is 29.2 Å². The highest BCUT2D eigenvalue weighted by Gasteiger charge is 2.37. The Labute approximate surface area is 188 Å². The van der Waals surface area contributed by atoms with Crippen LogP contribution in [0.3, 0.4) is 0 Å². The van der Waals surface area contributed by atoms with Gasteiger partial charge in [-0.3, -0.25) is 14.1 Å². The van der Waals surface area contributed by atoms with Gasteiger partial charge in [0.1, 0.15) is 18.3 Å². The van der Waals surface area contributed by atoms with Crippen molar-refractivity contribution in [2.24, 2.45) is 5.73 Å². The average molecular weight is 456 g/mol. The third-order valence-corrected chi connectivity index (χ3v) is 6.21. The molecule has 10 heteroatoms. The molecule has 1 aromatic heterocycles. The number of hydrogen-bond acceptors (Lipinski definition) is 8. The molecule has 0 aliphatic carbocycles. The Morgan fingerprint density at radius 2 is 2.10 bits per heavy atom. The maximum atomic E-state index is 12.3. The molecule has 9 nitrogen and oxygen atoms in total. The van der Waals surface area contributed by atoms with Crippen LogP contribution >= 0.6 is 11.7 Å². The van der Waals surface area contributed by atoms with E-state index in [1.54, 1.807) is 0 Å². The van der Waals surface area contributed by atoms with E-state index in [0.717, 1.165) is 48.8 Å². The summed E-state index contributed by atoms with van der Waals surface area (Å²) in [5, 5.41) is 8.77. The number of carbonyl (C=O) groups is 2. The monoisotopic (exact) mass is 455 g/mol. The summed E-state index contributed by atoms with van der Waals surface area (Å²) in [6, 6.07) is -0.944. The van der Waals surface area contributed by atoms with Crippen LogP contribution in [0.25, 0.3) is 5.57 Å². The molecular formula is C21H35N4O5S+. The summed E-state index contributed by atoms with van der Waals surface area (Å²) in [6.45, 7) is 6.06. The predicted molar refractivity (Wildman–Crippen MR) is 118 cm³/mol. The van der Waals surface area contributed by atoms with Gasteiger partial charge in [0.25, 0.3) is 5.88 Å². The summed E-state index contributed by atoms with van der Waals surface area (Å²) in [4.78, 5) is 23.0. The lowest BCUT2D eigenvalue weighted by atomic mass is 10.0. The average Bonchev–Trinajstić information content (AvgIpc) is 3.20. The largest absolute Gasteiger partial charge is 0.481 e. The Balaban J connectivity index is 1.96. The fourth-order valence-electron chi connectivity index (χ4n) is 3.50. The molecule has 0 fully saturated rings. The van der Waals surface area contributed by atoms with Crippen molar-refractivity contribution in [2.75, 3.05) is 26.7 Å². The molecule has 1 unspecified atom stereocenters. The van der Waals surface area contributed by atoms with Crippen LogP contribution in [0.2, 0.25) is 0 Å². The van der Waals surface area contributed by atoms with Crippen LogP contribution in [-0.2, 0) is 14.3 Å². The molecule has 31 heavy (non-hydrogen) atoms. The van der Waals surface area contributed by atoms with Gasteiger partial charge in [-0.15, -0.1) is 4.37 Å². The van der Waals surface area contributed by atoms with E-state index in [9.17, 15) is 9.59 Å². The first kappa shape index (κ1) is 25.2. The van der Waals surface area contributed by atoms with Crippen molar-refractivity contribution in [1.29, 1.82) is 0 Å². The maximum Gasteiger partial charge on any atom is 0.327 e. The molecule has 0 radical (unpaired) electrons. The molecular weight excluding hydrogens is 420 g/mol. The first-order valence-electron chi connectivity index (χ1n) is 10.9. The molecule has 2 rings (SSSR count). The normalized spacial score (nSPS) is 20.6. The molecule has 0 saturated heterocycles. The van der Waals surface area contributed by atoms with Crippen LogP contribution in [0.1, 0.15) is 64.5 Å². The van der Waals surface area contributed by atoms with Gasteiger partial charge in [-0.05, 0) is 12.8 Å². The molecule has 1 aliphatic rings. The van der Waals surface area contributed by atoms with Crippen molar-refractivity contribution < 1.29 is 28.7 Å². The van der Waals surface area contributed by atoms with E-state index in [1.807, 2.05) is 14.0 Å². The lowest BCUT2D eigenvalue weighted by Gasteiger charge is -2.41. The second-order valence-electron chi connectivity index (χ2n) is 8.28. The smallest absolute Gasteiger partial charge is 0.327 e. The number of likely N-dealkylation sites (N-methyl/N-ethyl adjacent to an activating group) is 1. The topological polar surface area (TPSA) is 125 Å². The number of ether oxygens (including phenoxy) is 2. The number of aliphatic carboxylic acids is 1. The molecule has 0 aromatic carbocycles. The van der Waals surface area contributed by atoms with Gasteiger partial charge in [0, 0.05) is 25.3 Å². The number of rotatable bonds is 13. The van der Waals surface area contributed by atoms with Crippen LogP contribution in [0.15, 0.2) is 6.08 Å². The quantitative estimate of drug-likeness (QED) is 0.264. The number of hydrogen-bond donors (Lipinski definition) is 2. The number of unbranched alkanes of at least 4 members (excludes halogenated alkanes) is 3. The number of esters is 1. The van der Waals surface area contributed by atoms with E-state index in [-0.39, 0.29) is 12.8 Å². The van der Waals surface area contributed by atoms with Gasteiger partial charge in [-0.2, -0.15) is 4.37 Å². The minimum Gasteiger partial charge on any atom is -0.481 e. The van der Waals surface area contributed by atoms with Gasteiger partial charge in [-0.25, -0.2) is 0 Å². The second kappa shape index (κ2) is 12.1. The SMILES string of the molecule is CCCCCCOc1nsnc1C1=CCC[N+](C)([C@@H](C)OC(=O)[C@@H](N)CCC(=O)O)C1. The van der Waals surface area contributed by atoms with Crippen molar-refractivity contribution in [3.8, 4) is 5.88 Å². The maximum absolute atomic E-state index is 12.3. The van der Waals surface area contributed by atoms with Crippen molar-refractivity contribution in [3.05, 3.63) is 11.8 Å². The summed E-state index contributed by atoms with van der Waals surface area (Å²) in [6.07, 6.45) is 6.92. The minimum absolute atomic E-state index is 0.0548. The summed E-state index contributed by atoms with van der Waals surface area (Å²) in [7, 11) is 2.03. The zero-order chi connectivity index (χ0) is 22.9. The van der Waals surface area contributed by atoms with Gasteiger partial charge < -0.3 is 20.3 Å². The second-order valence-corrected chi connectivity index (χ2v) is 8.81. The molecule has 1 aliphatic heterocycles. The molecule has 0 amide bonds. The van der Waals surface area contributed by atoms with Crippen LogP contribution in [0.5, 0.6) is 5.88 Å². The number of carboxylic acid groups (broad SMARTS) is 1. The van der Waals surface area contributed by atoms with E-state index in [0.29, 0.717) is 23.5 Å².